The fraction of sp³-hybridized carbons (Fsp3) is 0.619. The van der Waals surface area contributed by atoms with Crippen LogP contribution in [0.5, 0.6) is 0 Å². The summed E-state index contributed by atoms with van der Waals surface area (Å²) in [4.78, 5) is 26.9. The SMILES string of the molecule is CC(Cl)C(=O)c1ccc2c(c1)CC(C)N2C(=O)CCC1CCCCC1. The minimum Gasteiger partial charge on any atom is -0.309 e. The van der Waals surface area contributed by atoms with Gasteiger partial charge in [0.05, 0.1) is 5.38 Å². The average Bonchev–Trinajstić information content (AvgIpc) is 2.94. The van der Waals surface area contributed by atoms with Gasteiger partial charge in [-0.3, -0.25) is 9.59 Å². The molecule has 1 aromatic carbocycles. The van der Waals surface area contributed by atoms with Crippen LogP contribution < -0.4 is 4.90 Å². The van der Waals surface area contributed by atoms with Gasteiger partial charge in [-0.15, -0.1) is 11.6 Å². The summed E-state index contributed by atoms with van der Waals surface area (Å²) >= 11 is 5.92. The summed E-state index contributed by atoms with van der Waals surface area (Å²) in [5.74, 6) is 0.890. The number of fused-ring (bicyclic) bond motifs is 1. The number of anilines is 1. The van der Waals surface area contributed by atoms with E-state index in [4.69, 9.17) is 11.6 Å². The number of hydrogen-bond donors (Lipinski definition) is 0. The Bertz CT molecular complexity index is 649. The first kappa shape index (κ1) is 18.4. The number of benzene rings is 1. The molecule has 1 aliphatic carbocycles. The highest BCUT2D eigenvalue weighted by molar-refractivity contribution is 6.33. The summed E-state index contributed by atoms with van der Waals surface area (Å²) in [5, 5.41) is -0.523. The zero-order chi connectivity index (χ0) is 18.0. The standard InChI is InChI=1S/C21H28ClNO2/c1-14-12-18-13-17(21(25)15(2)22)9-10-19(18)23(14)20(24)11-8-16-6-4-3-5-7-16/h9-10,13-16H,3-8,11-12H2,1-2H3. The van der Waals surface area contributed by atoms with E-state index < -0.39 is 5.38 Å². The first-order valence-corrected chi connectivity index (χ1v) is 10.0. The number of carbonyl (C=O) groups excluding carboxylic acids is 2. The van der Waals surface area contributed by atoms with Crippen molar-refractivity contribution < 1.29 is 9.59 Å². The highest BCUT2D eigenvalue weighted by Gasteiger charge is 2.31. The smallest absolute Gasteiger partial charge is 0.227 e. The number of ketones is 1. The predicted molar refractivity (Wildman–Crippen MR) is 103 cm³/mol. The second-order valence-electron chi connectivity index (χ2n) is 7.68. The number of Topliss-reactive ketones (excluding diaryl/α,β-unsaturated/α-hetero) is 1. The summed E-state index contributed by atoms with van der Waals surface area (Å²) in [6.07, 6.45) is 9.00. The van der Waals surface area contributed by atoms with Crippen LogP contribution in [0.4, 0.5) is 5.69 Å². The molecule has 1 amide bonds. The Morgan fingerprint density at radius 3 is 2.64 bits per heavy atom. The first-order valence-electron chi connectivity index (χ1n) is 9.60. The van der Waals surface area contributed by atoms with Crippen molar-refractivity contribution in [1.29, 1.82) is 0 Å². The summed E-state index contributed by atoms with van der Waals surface area (Å²) in [6.45, 7) is 3.78. The van der Waals surface area contributed by atoms with E-state index in [1.807, 2.05) is 17.0 Å². The largest absolute Gasteiger partial charge is 0.309 e. The third-order valence-corrected chi connectivity index (χ3v) is 5.90. The number of rotatable bonds is 5. The van der Waals surface area contributed by atoms with Crippen LogP contribution in [0.1, 0.15) is 74.7 Å². The van der Waals surface area contributed by atoms with Crippen molar-refractivity contribution in [2.24, 2.45) is 5.92 Å². The Morgan fingerprint density at radius 1 is 1.24 bits per heavy atom. The number of amides is 1. The van der Waals surface area contributed by atoms with Crippen molar-refractivity contribution in [3.63, 3.8) is 0 Å². The molecule has 0 radical (unpaired) electrons. The van der Waals surface area contributed by atoms with Gasteiger partial charge in [0.2, 0.25) is 5.91 Å². The maximum atomic E-state index is 12.8. The molecule has 1 fully saturated rings. The molecule has 2 aliphatic rings. The lowest BCUT2D eigenvalue weighted by Gasteiger charge is -2.25. The number of hydrogen-bond acceptors (Lipinski definition) is 2. The van der Waals surface area contributed by atoms with E-state index >= 15 is 0 Å². The molecule has 1 heterocycles. The molecule has 1 aliphatic heterocycles. The first-order chi connectivity index (χ1) is 12.0. The Balaban J connectivity index is 1.69. The van der Waals surface area contributed by atoms with Gasteiger partial charge < -0.3 is 4.90 Å². The average molecular weight is 362 g/mol. The quantitative estimate of drug-likeness (QED) is 0.538. The fourth-order valence-corrected chi connectivity index (χ4v) is 4.44. The van der Waals surface area contributed by atoms with Gasteiger partial charge in [-0.2, -0.15) is 0 Å². The Morgan fingerprint density at radius 2 is 1.96 bits per heavy atom. The van der Waals surface area contributed by atoms with E-state index in [0.717, 1.165) is 30.0 Å². The van der Waals surface area contributed by atoms with Crippen LogP contribution in [0.2, 0.25) is 0 Å². The summed E-state index contributed by atoms with van der Waals surface area (Å²) in [7, 11) is 0. The van der Waals surface area contributed by atoms with Crippen LogP contribution in [-0.4, -0.2) is 23.1 Å². The van der Waals surface area contributed by atoms with E-state index in [1.165, 1.54) is 32.1 Å². The fourth-order valence-electron chi connectivity index (χ4n) is 4.32. The highest BCUT2D eigenvalue weighted by Crippen LogP contribution is 2.35. The van der Waals surface area contributed by atoms with E-state index in [9.17, 15) is 9.59 Å². The molecule has 3 nitrogen and oxygen atoms in total. The molecule has 3 rings (SSSR count). The van der Waals surface area contributed by atoms with Gasteiger partial charge in [0, 0.05) is 23.7 Å². The van der Waals surface area contributed by atoms with Gasteiger partial charge in [0.15, 0.2) is 5.78 Å². The Kier molecular flexibility index (Phi) is 5.83. The topological polar surface area (TPSA) is 37.4 Å². The monoisotopic (exact) mass is 361 g/mol. The molecule has 1 saturated carbocycles. The minimum absolute atomic E-state index is 0.0563. The lowest BCUT2D eigenvalue weighted by atomic mass is 9.86. The summed E-state index contributed by atoms with van der Waals surface area (Å²) in [6, 6.07) is 5.80. The van der Waals surface area contributed by atoms with Crippen LogP contribution >= 0.6 is 11.6 Å². The molecule has 4 heteroatoms. The van der Waals surface area contributed by atoms with Crippen molar-refractivity contribution in [2.75, 3.05) is 4.90 Å². The molecule has 1 aromatic rings. The molecule has 0 N–H and O–H groups in total. The van der Waals surface area contributed by atoms with Crippen LogP contribution in [0.3, 0.4) is 0 Å². The van der Waals surface area contributed by atoms with E-state index in [0.29, 0.717) is 12.0 Å². The molecular weight excluding hydrogens is 334 g/mol. The van der Waals surface area contributed by atoms with Crippen molar-refractivity contribution in [3.05, 3.63) is 29.3 Å². The number of nitrogens with zero attached hydrogens (tertiary/aromatic N) is 1. The van der Waals surface area contributed by atoms with Crippen LogP contribution in [0.15, 0.2) is 18.2 Å². The summed E-state index contributed by atoms with van der Waals surface area (Å²) < 4.78 is 0. The van der Waals surface area contributed by atoms with Crippen LogP contribution in [0.25, 0.3) is 0 Å². The highest BCUT2D eigenvalue weighted by atomic mass is 35.5. The van der Waals surface area contributed by atoms with Gasteiger partial charge in [0.1, 0.15) is 0 Å². The second kappa shape index (κ2) is 7.90. The van der Waals surface area contributed by atoms with Crippen molar-refractivity contribution in [1.82, 2.24) is 0 Å². The molecular formula is C21H28ClNO2. The molecule has 0 spiro atoms. The van der Waals surface area contributed by atoms with Gasteiger partial charge in [-0.1, -0.05) is 32.1 Å². The lowest BCUT2D eigenvalue weighted by Crippen LogP contribution is -2.35. The Labute approximate surface area is 155 Å². The van der Waals surface area contributed by atoms with E-state index in [-0.39, 0.29) is 17.7 Å². The third kappa shape index (κ3) is 4.08. The predicted octanol–water partition coefficient (Wildman–Crippen LogP) is 5.13. The summed E-state index contributed by atoms with van der Waals surface area (Å²) in [5.41, 5.74) is 2.70. The molecule has 2 unspecified atom stereocenters. The lowest BCUT2D eigenvalue weighted by molar-refractivity contribution is -0.119. The van der Waals surface area contributed by atoms with E-state index in [1.54, 1.807) is 13.0 Å². The molecule has 0 bridgehead atoms. The number of carbonyl (C=O) groups is 2. The zero-order valence-electron chi connectivity index (χ0n) is 15.3. The third-order valence-electron chi connectivity index (χ3n) is 5.70. The Hall–Kier alpha value is -1.35. The van der Waals surface area contributed by atoms with Gasteiger partial charge in [0.25, 0.3) is 0 Å². The second-order valence-corrected chi connectivity index (χ2v) is 8.34. The van der Waals surface area contributed by atoms with Gasteiger partial charge in [-0.25, -0.2) is 0 Å². The molecule has 2 atom stereocenters. The van der Waals surface area contributed by atoms with Crippen LogP contribution in [0, 0.1) is 5.92 Å². The van der Waals surface area contributed by atoms with Crippen molar-refractivity contribution in [3.8, 4) is 0 Å². The number of alkyl halides is 1. The van der Waals surface area contributed by atoms with Crippen molar-refractivity contribution >= 4 is 29.0 Å². The normalized spacial score (nSPS) is 21.9. The van der Waals surface area contributed by atoms with Crippen molar-refractivity contribution in [2.45, 2.75) is 76.6 Å². The number of halogens is 1. The van der Waals surface area contributed by atoms with Gasteiger partial charge in [-0.05, 0) is 56.4 Å². The molecule has 0 saturated heterocycles. The van der Waals surface area contributed by atoms with Gasteiger partial charge >= 0.3 is 0 Å². The zero-order valence-corrected chi connectivity index (χ0v) is 16.0. The molecule has 136 valence electrons. The minimum atomic E-state index is -0.523. The maximum absolute atomic E-state index is 12.8. The van der Waals surface area contributed by atoms with E-state index in [2.05, 4.69) is 6.92 Å². The van der Waals surface area contributed by atoms with Crippen LogP contribution in [-0.2, 0) is 11.2 Å². The maximum Gasteiger partial charge on any atom is 0.227 e. The molecule has 0 aromatic heterocycles. The molecule has 25 heavy (non-hydrogen) atoms.